The standard InChI is InChI=1S/C15H22/c1-10(2)13-8-7-9-14(11(3)4)15(13)12(5)6/h7-11H,5H2,1-4,6H3. The third-order valence-electron chi connectivity index (χ3n) is 2.80. The van der Waals surface area contributed by atoms with Crippen molar-refractivity contribution in [1.29, 1.82) is 0 Å². The largest absolute Gasteiger partial charge is 0.0955 e. The SMILES string of the molecule is C=C(C)c1c(C(C)C)cccc1C(C)C. The van der Waals surface area contributed by atoms with Crippen LogP contribution in [0.2, 0.25) is 0 Å². The number of benzene rings is 1. The maximum absolute atomic E-state index is 4.11. The first-order valence-corrected chi connectivity index (χ1v) is 5.73. The predicted molar refractivity (Wildman–Crippen MR) is 69.3 cm³/mol. The van der Waals surface area contributed by atoms with E-state index < -0.39 is 0 Å². The van der Waals surface area contributed by atoms with Crippen LogP contribution >= 0.6 is 0 Å². The van der Waals surface area contributed by atoms with Crippen LogP contribution in [0.3, 0.4) is 0 Å². The molecule has 0 heterocycles. The molecule has 0 fully saturated rings. The number of allylic oxidation sites excluding steroid dienone is 1. The van der Waals surface area contributed by atoms with Crippen LogP contribution in [0, 0.1) is 0 Å². The van der Waals surface area contributed by atoms with Crippen molar-refractivity contribution in [2.45, 2.75) is 46.5 Å². The first-order valence-electron chi connectivity index (χ1n) is 5.73. The average Bonchev–Trinajstić information content (AvgIpc) is 2.16. The topological polar surface area (TPSA) is 0 Å². The van der Waals surface area contributed by atoms with Crippen LogP contribution < -0.4 is 0 Å². The molecule has 0 amide bonds. The summed E-state index contributed by atoms with van der Waals surface area (Å²) in [5, 5.41) is 0. The lowest BCUT2D eigenvalue weighted by atomic mass is 9.86. The van der Waals surface area contributed by atoms with Crippen LogP contribution in [0.25, 0.3) is 5.57 Å². The second kappa shape index (κ2) is 4.65. The Morgan fingerprint density at radius 3 is 1.67 bits per heavy atom. The molecule has 1 rings (SSSR count). The van der Waals surface area contributed by atoms with Gasteiger partial charge in [-0.2, -0.15) is 0 Å². The zero-order chi connectivity index (χ0) is 11.6. The van der Waals surface area contributed by atoms with Gasteiger partial charge in [-0.15, -0.1) is 0 Å². The summed E-state index contributed by atoms with van der Waals surface area (Å²) in [6.07, 6.45) is 0. The summed E-state index contributed by atoms with van der Waals surface area (Å²) in [6, 6.07) is 6.61. The lowest BCUT2D eigenvalue weighted by molar-refractivity contribution is 0.827. The fraction of sp³-hybridized carbons (Fsp3) is 0.467. The molecule has 0 N–H and O–H groups in total. The van der Waals surface area contributed by atoms with Gasteiger partial charge in [-0.05, 0) is 35.4 Å². The molecule has 0 aliphatic rings. The molecule has 1 aromatic rings. The highest BCUT2D eigenvalue weighted by molar-refractivity contribution is 5.68. The monoisotopic (exact) mass is 202 g/mol. The Labute approximate surface area is 94.0 Å². The first kappa shape index (κ1) is 12.0. The summed E-state index contributed by atoms with van der Waals surface area (Å²) in [6.45, 7) is 15.2. The molecule has 0 bridgehead atoms. The third-order valence-corrected chi connectivity index (χ3v) is 2.80. The van der Waals surface area contributed by atoms with Gasteiger partial charge in [0.2, 0.25) is 0 Å². The molecule has 1 aromatic carbocycles. The van der Waals surface area contributed by atoms with Crippen LogP contribution in [0.4, 0.5) is 0 Å². The molecule has 0 saturated heterocycles. The summed E-state index contributed by atoms with van der Waals surface area (Å²) in [4.78, 5) is 0. The van der Waals surface area contributed by atoms with E-state index in [1.807, 2.05) is 0 Å². The van der Waals surface area contributed by atoms with E-state index in [9.17, 15) is 0 Å². The normalized spacial score (nSPS) is 11.1. The smallest absolute Gasteiger partial charge is 0.0164 e. The van der Waals surface area contributed by atoms with Crippen LogP contribution in [0.1, 0.15) is 63.1 Å². The first-order chi connectivity index (χ1) is 6.95. The molecule has 0 spiro atoms. The summed E-state index contributed by atoms with van der Waals surface area (Å²) in [7, 11) is 0. The minimum absolute atomic E-state index is 0.565. The van der Waals surface area contributed by atoms with E-state index >= 15 is 0 Å². The summed E-state index contributed by atoms with van der Waals surface area (Å²) < 4.78 is 0. The van der Waals surface area contributed by atoms with Gasteiger partial charge < -0.3 is 0 Å². The molecule has 0 nitrogen and oxygen atoms in total. The fourth-order valence-electron chi connectivity index (χ4n) is 2.04. The van der Waals surface area contributed by atoms with E-state index in [0.29, 0.717) is 11.8 Å². The van der Waals surface area contributed by atoms with Gasteiger partial charge in [0.1, 0.15) is 0 Å². The van der Waals surface area contributed by atoms with Crippen LogP contribution in [-0.4, -0.2) is 0 Å². The predicted octanol–water partition coefficient (Wildman–Crippen LogP) is 4.97. The van der Waals surface area contributed by atoms with Crippen molar-refractivity contribution in [2.75, 3.05) is 0 Å². The Morgan fingerprint density at radius 1 is 1.00 bits per heavy atom. The molecular formula is C15H22. The Morgan fingerprint density at radius 2 is 1.40 bits per heavy atom. The molecule has 0 aromatic heterocycles. The quantitative estimate of drug-likeness (QED) is 0.649. The molecule has 0 atom stereocenters. The van der Waals surface area contributed by atoms with Gasteiger partial charge in [0.05, 0.1) is 0 Å². The van der Waals surface area contributed by atoms with Gasteiger partial charge >= 0.3 is 0 Å². The maximum atomic E-state index is 4.11. The van der Waals surface area contributed by atoms with Crippen LogP contribution in [-0.2, 0) is 0 Å². The van der Waals surface area contributed by atoms with Crippen molar-refractivity contribution < 1.29 is 0 Å². The highest BCUT2D eigenvalue weighted by Gasteiger charge is 2.13. The van der Waals surface area contributed by atoms with Gasteiger partial charge in [0, 0.05) is 0 Å². The summed E-state index contributed by atoms with van der Waals surface area (Å²) in [5.74, 6) is 1.13. The van der Waals surface area contributed by atoms with Crippen molar-refractivity contribution in [3.8, 4) is 0 Å². The lowest BCUT2D eigenvalue weighted by Gasteiger charge is -2.19. The number of hydrogen-bond acceptors (Lipinski definition) is 0. The van der Waals surface area contributed by atoms with Gasteiger partial charge in [-0.1, -0.05) is 58.0 Å². The second-order valence-electron chi connectivity index (χ2n) is 4.90. The van der Waals surface area contributed by atoms with Gasteiger partial charge in [-0.3, -0.25) is 0 Å². The molecule has 82 valence electrons. The van der Waals surface area contributed by atoms with Gasteiger partial charge in [0.15, 0.2) is 0 Å². The maximum Gasteiger partial charge on any atom is -0.0164 e. The van der Waals surface area contributed by atoms with E-state index in [2.05, 4.69) is 59.4 Å². The minimum Gasteiger partial charge on any atom is -0.0955 e. The molecular weight excluding hydrogens is 180 g/mol. The summed E-state index contributed by atoms with van der Waals surface area (Å²) >= 11 is 0. The average molecular weight is 202 g/mol. The van der Waals surface area contributed by atoms with E-state index in [4.69, 9.17) is 0 Å². The Hall–Kier alpha value is -1.04. The molecule has 0 aliphatic heterocycles. The molecule has 0 radical (unpaired) electrons. The highest BCUT2D eigenvalue weighted by atomic mass is 14.2. The molecule has 0 aliphatic carbocycles. The minimum atomic E-state index is 0.565. The van der Waals surface area contributed by atoms with E-state index in [1.165, 1.54) is 22.3 Å². The van der Waals surface area contributed by atoms with Gasteiger partial charge in [-0.25, -0.2) is 0 Å². The van der Waals surface area contributed by atoms with Crippen molar-refractivity contribution in [2.24, 2.45) is 0 Å². The number of rotatable bonds is 3. The molecule has 0 unspecified atom stereocenters. The van der Waals surface area contributed by atoms with Crippen LogP contribution in [0.5, 0.6) is 0 Å². The number of hydrogen-bond donors (Lipinski definition) is 0. The van der Waals surface area contributed by atoms with Crippen LogP contribution in [0.15, 0.2) is 24.8 Å². The molecule has 0 heteroatoms. The van der Waals surface area contributed by atoms with Crippen molar-refractivity contribution in [1.82, 2.24) is 0 Å². The van der Waals surface area contributed by atoms with Crippen molar-refractivity contribution >= 4 is 5.57 Å². The zero-order valence-electron chi connectivity index (χ0n) is 10.6. The Balaban J connectivity index is 3.42. The summed E-state index contributed by atoms with van der Waals surface area (Å²) in [5.41, 5.74) is 5.41. The fourth-order valence-corrected chi connectivity index (χ4v) is 2.04. The van der Waals surface area contributed by atoms with Gasteiger partial charge in [0.25, 0.3) is 0 Å². The second-order valence-corrected chi connectivity index (χ2v) is 4.90. The molecule has 15 heavy (non-hydrogen) atoms. The third kappa shape index (κ3) is 2.50. The Bertz CT molecular complexity index is 330. The Kier molecular flexibility index (Phi) is 3.73. The van der Waals surface area contributed by atoms with Crippen molar-refractivity contribution in [3.05, 3.63) is 41.5 Å². The zero-order valence-corrected chi connectivity index (χ0v) is 10.6. The lowest BCUT2D eigenvalue weighted by Crippen LogP contribution is -2.01. The molecule has 0 saturated carbocycles. The van der Waals surface area contributed by atoms with E-state index in [0.717, 1.165) is 0 Å². The van der Waals surface area contributed by atoms with Crippen molar-refractivity contribution in [3.63, 3.8) is 0 Å². The van der Waals surface area contributed by atoms with E-state index in [-0.39, 0.29) is 0 Å². The highest BCUT2D eigenvalue weighted by Crippen LogP contribution is 2.31. The van der Waals surface area contributed by atoms with E-state index in [1.54, 1.807) is 0 Å².